The van der Waals surface area contributed by atoms with Gasteiger partial charge in [-0.2, -0.15) is 0 Å². The van der Waals surface area contributed by atoms with Crippen molar-refractivity contribution < 1.29 is 9.18 Å². The van der Waals surface area contributed by atoms with Crippen molar-refractivity contribution in [2.45, 2.75) is 105 Å². The number of hydrogen-bond donors (Lipinski definition) is 0. The molecule has 29 heavy (non-hydrogen) atoms. The van der Waals surface area contributed by atoms with Gasteiger partial charge in [-0.05, 0) is 85.0 Å². The van der Waals surface area contributed by atoms with Crippen LogP contribution in [-0.4, -0.2) is 12.0 Å². The standard InChI is InChI=1S/C27H43FO/c1-17(2)7-6-8-18(3)22-11-12-23-21-10-9-19-15-20(29)13-14-26(19,4)25(21)24(28)16-27(22,23)5/h15,17-18,21-25H,6-14,16H2,1-5H3/t18-,21+,22-,23+,24+,25-,26+,27-/m1/s1. The van der Waals surface area contributed by atoms with Gasteiger partial charge in [0.2, 0.25) is 0 Å². The molecule has 3 fully saturated rings. The molecule has 0 heterocycles. The topological polar surface area (TPSA) is 17.1 Å². The maximum atomic E-state index is 16.0. The van der Waals surface area contributed by atoms with Crippen molar-refractivity contribution >= 4 is 5.78 Å². The average molecular weight is 403 g/mol. The van der Waals surface area contributed by atoms with Crippen LogP contribution in [0.2, 0.25) is 0 Å². The summed E-state index contributed by atoms with van der Waals surface area (Å²) in [5, 5.41) is 0. The zero-order chi connectivity index (χ0) is 21.0. The highest BCUT2D eigenvalue weighted by Crippen LogP contribution is 2.68. The Bertz CT molecular complexity index is 665. The average Bonchev–Trinajstić information content (AvgIpc) is 2.98. The van der Waals surface area contributed by atoms with Crippen molar-refractivity contribution in [2.75, 3.05) is 0 Å². The lowest BCUT2D eigenvalue weighted by molar-refractivity contribution is -0.122. The van der Waals surface area contributed by atoms with E-state index in [0.29, 0.717) is 24.2 Å². The Labute approximate surface area is 178 Å². The molecule has 164 valence electrons. The lowest BCUT2D eigenvalue weighted by Gasteiger charge is -2.59. The molecule has 0 amide bonds. The predicted molar refractivity (Wildman–Crippen MR) is 118 cm³/mol. The first-order chi connectivity index (χ1) is 13.7. The molecule has 4 aliphatic carbocycles. The molecule has 3 saturated carbocycles. The second-order valence-electron chi connectivity index (χ2n) is 12.1. The van der Waals surface area contributed by atoms with Crippen LogP contribution in [0.4, 0.5) is 4.39 Å². The number of carbonyl (C=O) groups is 1. The molecule has 0 radical (unpaired) electrons. The minimum atomic E-state index is -0.702. The minimum Gasteiger partial charge on any atom is -0.295 e. The fourth-order valence-electron chi connectivity index (χ4n) is 8.64. The van der Waals surface area contributed by atoms with Gasteiger partial charge in [-0.25, -0.2) is 4.39 Å². The molecule has 0 aromatic heterocycles. The van der Waals surface area contributed by atoms with Crippen LogP contribution in [0.1, 0.15) is 98.8 Å². The number of carbonyl (C=O) groups excluding carboxylic acids is 1. The van der Waals surface area contributed by atoms with Gasteiger partial charge in [0.15, 0.2) is 5.78 Å². The molecule has 2 heteroatoms. The second-order valence-corrected chi connectivity index (χ2v) is 12.1. The van der Waals surface area contributed by atoms with Crippen LogP contribution in [0.25, 0.3) is 0 Å². The van der Waals surface area contributed by atoms with Crippen LogP contribution < -0.4 is 0 Å². The first-order valence-electron chi connectivity index (χ1n) is 12.5. The maximum absolute atomic E-state index is 16.0. The molecular weight excluding hydrogens is 359 g/mol. The number of rotatable bonds is 5. The summed E-state index contributed by atoms with van der Waals surface area (Å²) in [5.74, 6) is 3.81. The molecule has 0 saturated heterocycles. The van der Waals surface area contributed by atoms with E-state index in [-0.39, 0.29) is 22.5 Å². The van der Waals surface area contributed by atoms with Gasteiger partial charge in [0.25, 0.3) is 0 Å². The lowest BCUT2D eigenvalue weighted by Crippen LogP contribution is -2.55. The lowest BCUT2D eigenvalue weighted by atomic mass is 9.46. The van der Waals surface area contributed by atoms with Crippen molar-refractivity contribution in [3.05, 3.63) is 11.6 Å². The minimum absolute atomic E-state index is 0.0709. The van der Waals surface area contributed by atoms with Crippen LogP contribution in [0.5, 0.6) is 0 Å². The first kappa shape index (κ1) is 21.6. The van der Waals surface area contributed by atoms with Gasteiger partial charge >= 0.3 is 0 Å². The number of ketones is 1. The van der Waals surface area contributed by atoms with Crippen molar-refractivity contribution in [3.63, 3.8) is 0 Å². The van der Waals surface area contributed by atoms with Crippen LogP contribution in [0.3, 0.4) is 0 Å². The molecule has 0 aromatic rings. The van der Waals surface area contributed by atoms with Gasteiger partial charge in [0, 0.05) is 12.3 Å². The first-order valence-corrected chi connectivity index (χ1v) is 12.5. The largest absolute Gasteiger partial charge is 0.295 e. The fraction of sp³-hybridized carbons (Fsp3) is 0.889. The zero-order valence-corrected chi connectivity index (χ0v) is 19.5. The highest BCUT2D eigenvalue weighted by atomic mass is 19.1. The van der Waals surface area contributed by atoms with Gasteiger partial charge in [0.05, 0.1) is 0 Å². The molecule has 4 aliphatic rings. The van der Waals surface area contributed by atoms with E-state index in [2.05, 4.69) is 34.6 Å². The summed E-state index contributed by atoms with van der Waals surface area (Å²) in [4.78, 5) is 12.0. The third kappa shape index (κ3) is 3.55. The Hall–Kier alpha value is -0.660. The Morgan fingerprint density at radius 1 is 1.10 bits per heavy atom. The second kappa shape index (κ2) is 7.79. The van der Waals surface area contributed by atoms with E-state index in [9.17, 15) is 4.79 Å². The maximum Gasteiger partial charge on any atom is 0.155 e. The smallest absolute Gasteiger partial charge is 0.155 e. The summed E-state index contributed by atoms with van der Waals surface area (Å²) in [6.07, 6.45) is 12.1. The summed E-state index contributed by atoms with van der Waals surface area (Å²) in [5.41, 5.74) is 1.39. The summed E-state index contributed by atoms with van der Waals surface area (Å²) in [6.45, 7) is 11.8. The van der Waals surface area contributed by atoms with Gasteiger partial charge < -0.3 is 0 Å². The Morgan fingerprint density at radius 3 is 2.59 bits per heavy atom. The monoisotopic (exact) mass is 402 g/mol. The van der Waals surface area contributed by atoms with Crippen LogP contribution >= 0.6 is 0 Å². The number of allylic oxidation sites excluding steroid dienone is 1. The predicted octanol–water partition coefficient (Wildman–Crippen LogP) is 7.54. The van der Waals surface area contributed by atoms with Crippen LogP contribution in [0, 0.1) is 46.3 Å². The number of fused-ring (bicyclic) bond motifs is 5. The highest BCUT2D eigenvalue weighted by molar-refractivity contribution is 5.91. The number of hydrogen-bond acceptors (Lipinski definition) is 1. The third-order valence-corrected chi connectivity index (χ3v) is 10.1. The van der Waals surface area contributed by atoms with E-state index in [0.717, 1.165) is 37.5 Å². The summed E-state index contributed by atoms with van der Waals surface area (Å²) in [6, 6.07) is 0. The molecule has 1 nitrogen and oxygen atoms in total. The molecule has 0 N–H and O–H groups in total. The SMILES string of the molecule is CC(C)CCC[C@@H](C)[C@H]1CC[C@H]2[C@@H]3CCC4=CC(=O)CC[C@]4(C)[C@H]3[C@@H](F)C[C@]12C. The molecule has 4 rings (SSSR count). The van der Waals surface area contributed by atoms with Crippen molar-refractivity contribution in [1.82, 2.24) is 0 Å². The van der Waals surface area contributed by atoms with Crippen molar-refractivity contribution in [3.8, 4) is 0 Å². The van der Waals surface area contributed by atoms with Gasteiger partial charge in [-0.3, -0.25) is 4.79 Å². The van der Waals surface area contributed by atoms with Crippen LogP contribution in [0.15, 0.2) is 11.6 Å². The molecule has 0 spiro atoms. The summed E-state index contributed by atoms with van der Waals surface area (Å²) < 4.78 is 16.0. The van der Waals surface area contributed by atoms with Gasteiger partial charge in [-0.15, -0.1) is 0 Å². The third-order valence-electron chi connectivity index (χ3n) is 10.1. The Morgan fingerprint density at radius 2 is 1.86 bits per heavy atom. The zero-order valence-electron chi connectivity index (χ0n) is 19.5. The van der Waals surface area contributed by atoms with Crippen molar-refractivity contribution in [2.24, 2.45) is 46.3 Å². The molecule has 0 unspecified atom stereocenters. The quantitative estimate of drug-likeness (QED) is 0.464. The highest BCUT2D eigenvalue weighted by Gasteiger charge is 2.62. The summed E-state index contributed by atoms with van der Waals surface area (Å²) in [7, 11) is 0. The molecular formula is C27H43FO. The van der Waals surface area contributed by atoms with E-state index in [1.54, 1.807) is 0 Å². The van der Waals surface area contributed by atoms with Crippen LogP contribution in [-0.2, 0) is 4.79 Å². The van der Waals surface area contributed by atoms with Gasteiger partial charge in [-0.1, -0.05) is 59.5 Å². The molecule has 0 bridgehead atoms. The normalized spacial score (nSPS) is 45.4. The molecule has 8 atom stereocenters. The van der Waals surface area contributed by atoms with Gasteiger partial charge in [0.1, 0.15) is 6.17 Å². The van der Waals surface area contributed by atoms with E-state index in [1.165, 1.54) is 37.7 Å². The van der Waals surface area contributed by atoms with E-state index < -0.39 is 6.17 Å². The van der Waals surface area contributed by atoms with E-state index >= 15 is 4.39 Å². The van der Waals surface area contributed by atoms with Crippen molar-refractivity contribution in [1.29, 1.82) is 0 Å². The molecule has 0 aromatic carbocycles. The molecule has 0 aliphatic heterocycles. The van der Waals surface area contributed by atoms with E-state index in [1.807, 2.05) is 6.08 Å². The van der Waals surface area contributed by atoms with E-state index in [4.69, 9.17) is 0 Å². The Kier molecular flexibility index (Phi) is 5.79. The number of alkyl halides is 1. The number of halogens is 1. The summed E-state index contributed by atoms with van der Waals surface area (Å²) >= 11 is 0. The fourth-order valence-corrected chi connectivity index (χ4v) is 8.64. The Balaban J connectivity index is 1.54.